The Kier molecular flexibility index (Phi) is 6.10. The van der Waals surface area contributed by atoms with E-state index in [4.69, 9.17) is 16.9 Å². The lowest BCUT2D eigenvalue weighted by atomic mass is 10.1. The van der Waals surface area contributed by atoms with Gasteiger partial charge in [0.2, 0.25) is 0 Å². The van der Waals surface area contributed by atoms with Gasteiger partial charge in [-0.3, -0.25) is 0 Å². The summed E-state index contributed by atoms with van der Waals surface area (Å²) in [6.45, 7) is 2.63. The van der Waals surface area contributed by atoms with E-state index in [-0.39, 0.29) is 6.04 Å². The summed E-state index contributed by atoms with van der Waals surface area (Å²) in [6.07, 6.45) is 7.63. The summed E-state index contributed by atoms with van der Waals surface area (Å²) in [5, 5.41) is 0. The zero-order valence-corrected chi connectivity index (χ0v) is 11.7. The molecule has 0 saturated heterocycles. The number of terminal acetylenes is 1. The van der Waals surface area contributed by atoms with Crippen LogP contribution >= 0.6 is 15.9 Å². The average molecular weight is 296 g/mol. The standard InChI is InChI=1S/C14H18BrNO/c1-3-4-5-9-17-14-12(10-11(2)16)7-6-8-13(14)15/h1,6-8,11H,4-5,9-10,16H2,2H3. The number of hydrogen-bond acceptors (Lipinski definition) is 2. The number of hydrogen-bond donors (Lipinski definition) is 1. The Labute approximate surface area is 112 Å². The average Bonchev–Trinajstić information content (AvgIpc) is 2.26. The predicted molar refractivity (Wildman–Crippen MR) is 75.1 cm³/mol. The number of nitrogens with two attached hydrogens (primary N) is 1. The van der Waals surface area contributed by atoms with Crippen LogP contribution in [0.3, 0.4) is 0 Å². The van der Waals surface area contributed by atoms with E-state index in [0.29, 0.717) is 6.61 Å². The highest BCUT2D eigenvalue weighted by Gasteiger charge is 2.09. The number of para-hydroxylation sites is 1. The lowest BCUT2D eigenvalue weighted by molar-refractivity contribution is 0.307. The Morgan fingerprint density at radius 1 is 1.53 bits per heavy atom. The van der Waals surface area contributed by atoms with Crippen molar-refractivity contribution in [3.8, 4) is 18.1 Å². The minimum Gasteiger partial charge on any atom is -0.492 e. The molecule has 1 aromatic rings. The van der Waals surface area contributed by atoms with E-state index in [9.17, 15) is 0 Å². The summed E-state index contributed by atoms with van der Waals surface area (Å²) in [4.78, 5) is 0. The Morgan fingerprint density at radius 3 is 2.94 bits per heavy atom. The van der Waals surface area contributed by atoms with Crippen LogP contribution in [0.4, 0.5) is 0 Å². The van der Waals surface area contributed by atoms with E-state index in [0.717, 1.165) is 35.0 Å². The van der Waals surface area contributed by atoms with E-state index in [1.165, 1.54) is 0 Å². The van der Waals surface area contributed by atoms with Crippen molar-refractivity contribution in [2.24, 2.45) is 5.73 Å². The molecule has 0 radical (unpaired) electrons. The van der Waals surface area contributed by atoms with E-state index >= 15 is 0 Å². The largest absolute Gasteiger partial charge is 0.492 e. The summed E-state index contributed by atoms with van der Waals surface area (Å²) in [6, 6.07) is 6.14. The smallest absolute Gasteiger partial charge is 0.136 e. The van der Waals surface area contributed by atoms with Crippen LogP contribution in [0.2, 0.25) is 0 Å². The molecule has 0 spiro atoms. The van der Waals surface area contributed by atoms with Crippen LogP contribution in [0.25, 0.3) is 0 Å². The molecule has 0 aliphatic carbocycles. The van der Waals surface area contributed by atoms with Crippen LogP contribution in [0.15, 0.2) is 22.7 Å². The molecule has 0 aliphatic heterocycles. The zero-order chi connectivity index (χ0) is 12.7. The first-order chi connectivity index (χ1) is 8.15. The van der Waals surface area contributed by atoms with Crippen molar-refractivity contribution in [2.75, 3.05) is 6.61 Å². The maximum absolute atomic E-state index is 5.82. The first-order valence-electron chi connectivity index (χ1n) is 5.74. The molecule has 2 nitrogen and oxygen atoms in total. The van der Waals surface area contributed by atoms with E-state index in [1.54, 1.807) is 0 Å². The summed E-state index contributed by atoms with van der Waals surface area (Å²) >= 11 is 3.50. The molecule has 1 aromatic carbocycles. The molecule has 0 amide bonds. The van der Waals surface area contributed by atoms with Gasteiger partial charge in [0, 0.05) is 12.5 Å². The van der Waals surface area contributed by atoms with E-state index in [2.05, 4.69) is 21.9 Å². The van der Waals surface area contributed by atoms with Crippen LogP contribution in [0.1, 0.15) is 25.3 Å². The molecule has 0 fully saturated rings. The Morgan fingerprint density at radius 2 is 2.29 bits per heavy atom. The number of rotatable bonds is 6. The van der Waals surface area contributed by atoms with Gasteiger partial charge in [0.25, 0.3) is 0 Å². The van der Waals surface area contributed by atoms with Crippen LogP contribution in [-0.4, -0.2) is 12.6 Å². The van der Waals surface area contributed by atoms with Gasteiger partial charge in [-0.25, -0.2) is 0 Å². The highest BCUT2D eigenvalue weighted by molar-refractivity contribution is 9.10. The normalized spacial score (nSPS) is 11.9. The first kappa shape index (κ1) is 14.1. The van der Waals surface area contributed by atoms with Crippen molar-refractivity contribution < 1.29 is 4.74 Å². The van der Waals surface area contributed by atoms with E-state index < -0.39 is 0 Å². The maximum Gasteiger partial charge on any atom is 0.136 e. The molecule has 92 valence electrons. The van der Waals surface area contributed by atoms with Crippen LogP contribution in [0, 0.1) is 12.3 Å². The molecule has 1 rings (SSSR count). The van der Waals surface area contributed by atoms with Gasteiger partial charge in [-0.05, 0) is 47.3 Å². The van der Waals surface area contributed by atoms with Gasteiger partial charge < -0.3 is 10.5 Å². The fourth-order valence-corrected chi connectivity index (χ4v) is 2.09. The third-order valence-corrected chi connectivity index (χ3v) is 2.93. The van der Waals surface area contributed by atoms with Crippen LogP contribution in [-0.2, 0) is 6.42 Å². The number of unbranched alkanes of at least 4 members (excludes halogenated alkanes) is 1. The molecular formula is C14H18BrNO. The summed E-state index contributed by atoms with van der Waals surface area (Å²) < 4.78 is 6.74. The molecule has 2 N–H and O–H groups in total. The Hall–Kier alpha value is -0.980. The van der Waals surface area contributed by atoms with Crippen molar-refractivity contribution in [3.05, 3.63) is 28.2 Å². The van der Waals surface area contributed by atoms with Gasteiger partial charge in [-0.1, -0.05) is 12.1 Å². The highest BCUT2D eigenvalue weighted by Crippen LogP contribution is 2.30. The third kappa shape index (κ3) is 4.80. The van der Waals surface area contributed by atoms with Crippen molar-refractivity contribution in [1.82, 2.24) is 0 Å². The fourth-order valence-electron chi connectivity index (χ4n) is 1.57. The summed E-state index contributed by atoms with van der Waals surface area (Å²) in [7, 11) is 0. The molecule has 0 saturated carbocycles. The van der Waals surface area contributed by atoms with Gasteiger partial charge in [-0.2, -0.15) is 0 Å². The molecule has 1 unspecified atom stereocenters. The summed E-state index contributed by atoms with van der Waals surface area (Å²) in [5.74, 6) is 3.49. The van der Waals surface area contributed by atoms with Crippen molar-refractivity contribution in [2.45, 2.75) is 32.2 Å². The quantitative estimate of drug-likeness (QED) is 0.646. The molecule has 17 heavy (non-hydrogen) atoms. The maximum atomic E-state index is 5.82. The van der Waals surface area contributed by atoms with E-state index in [1.807, 2.05) is 25.1 Å². The molecule has 0 aliphatic rings. The van der Waals surface area contributed by atoms with Gasteiger partial charge in [-0.15, -0.1) is 12.3 Å². The fraction of sp³-hybridized carbons (Fsp3) is 0.429. The van der Waals surface area contributed by atoms with Crippen LogP contribution < -0.4 is 10.5 Å². The molecule has 3 heteroatoms. The molecular weight excluding hydrogens is 278 g/mol. The summed E-state index contributed by atoms with van der Waals surface area (Å²) in [5.41, 5.74) is 6.96. The topological polar surface area (TPSA) is 35.2 Å². The number of halogens is 1. The second-order valence-corrected chi connectivity index (χ2v) is 4.92. The van der Waals surface area contributed by atoms with Gasteiger partial charge in [0.05, 0.1) is 11.1 Å². The third-order valence-electron chi connectivity index (χ3n) is 2.30. The minimum atomic E-state index is 0.123. The van der Waals surface area contributed by atoms with Gasteiger partial charge in [0.1, 0.15) is 5.75 Å². The monoisotopic (exact) mass is 295 g/mol. The Balaban J connectivity index is 2.70. The number of benzene rings is 1. The van der Waals surface area contributed by atoms with Crippen molar-refractivity contribution in [3.63, 3.8) is 0 Å². The Bertz CT molecular complexity index is 396. The van der Waals surface area contributed by atoms with Crippen molar-refractivity contribution >= 4 is 15.9 Å². The number of ether oxygens (including phenoxy) is 1. The lowest BCUT2D eigenvalue weighted by Crippen LogP contribution is -2.18. The lowest BCUT2D eigenvalue weighted by Gasteiger charge is -2.14. The van der Waals surface area contributed by atoms with Gasteiger partial charge in [0.15, 0.2) is 0 Å². The predicted octanol–water partition coefficient (Wildman–Crippen LogP) is 3.13. The SMILES string of the molecule is C#CCCCOc1c(Br)cccc1CC(C)N. The zero-order valence-electron chi connectivity index (χ0n) is 10.1. The second kappa shape index (κ2) is 7.37. The molecule has 0 bridgehead atoms. The van der Waals surface area contributed by atoms with Crippen LogP contribution in [0.5, 0.6) is 5.75 Å². The highest BCUT2D eigenvalue weighted by atomic mass is 79.9. The van der Waals surface area contributed by atoms with Crippen molar-refractivity contribution in [1.29, 1.82) is 0 Å². The van der Waals surface area contributed by atoms with Gasteiger partial charge >= 0.3 is 0 Å². The second-order valence-electron chi connectivity index (χ2n) is 4.07. The first-order valence-corrected chi connectivity index (χ1v) is 6.53. The molecule has 0 aromatic heterocycles. The minimum absolute atomic E-state index is 0.123. The molecule has 1 atom stereocenters. The molecule has 0 heterocycles.